The molecule has 0 aliphatic heterocycles. The van der Waals surface area contributed by atoms with Crippen molar-refractivity contribution in [3.05, 3.63) is 0 Å². The van der Waals surface area contributed by atoms with E-state index in [-0.39, 0.29) is 5.92 Å². The number of rotatable bonds is 7. The first-order chi connectivity index (χ1) is 6.43. The van der Waals surface area contributed by atoms with E-state index in [2.05, 4.69) is 23.9 Å². The van der Waals surface area contributed by atoms with Crippen LogP contribution in [0, 0.1) is 5.92 Å². The van der Waals surface area contributed by atoms with Gasteiger partial charge in [0.2, 0.25) is 0 Å². The number of nitrogens with zero attached hydrogens (tertiary/aromatic N) is 2. The molecule has 84 valence electrons. The lowest BCUT2D eigenvalue weighted by Gasteiger charge is -2.18. The summed E-state index contributed by atoms with van der Waals surface area (Å²) in [4.78, 5) is 15.7. The van der Waals surface area contributed by atoms with Crippen LogP contribution in [0.15, 0.2) is 0 Å². The van der Waals surface area contributed by atoms with Crippen LogP contribution in [0.4, 0.5) is 0 Å². The molecule has 14 heavy (non-hydrogen) atoms. The van der Waals surface area contributed by atoms with E-state index in [4.69, 9.17) is 0 Å². The number of hydrogen-bond donors (Lipinski definition) is 0. The van der Waals surface area contributed by atoms with Gasteiger partial charge >= 0.3 is 0 Å². The zero-order chi connectivity index (χ0) is 11.1. The molecule has 3 heteroatoms. The Balaban J connectivity index is 3.55. The largest absolute Gasteiger partial charge is 0.309 e. The fourth-order valence-electron chi connectivity index (χ4n) is 1.18. The molecule has 0 saturated heterocycles. The molecule has 0 amide bonds. The number of likely N-dealkylation sites (N-methyl/N-ethyl adjacent to an activating group) is 1. The van der Waals surface area contributed by atoms with Gasteiger partial charge in [-0.3, -0.25) is 9.69 Å². The zero-order valence-corrected chi connectivity index (χ0v) is 10.2. The maximum Gasteiger partial charge on any atom is 0.149 e. The minimum atomic E-state index is 0.159. The molecule has 0 heterocycles. The summed E-state index contributed by atoms with van der Waals surface area (Å²) in [5.41, 5.74) is 0. The molecular formula is C11H24N2O. The first kappa shape index (κ1) is 13.6. The molecule has 0 aromatic heterocycles. The molecule has 0 spiro atoms. The van der Waals surface area contributed by atoms with Gasteiger partial charge < -0.3 is 4.90 Å². The predicted molar refractivity (Wildman–Crippen MR) is 60.5 cm³/mol. The Bertz CT molecular complexity index is 167. The third-order valence-electron chi connectivity index (χ3n) is 2.21. The molecule has 0 aliphatic carbocycles. The highest BCUT2D eigenvalue weighted by Gasteiger charge is 2.09. The molecule has 0 atom stereocenters. The number of ketones is 1. The summed E-state index contributed by atoms with van der Waals surface area (Å²) in [6, 6.07) is 0. The molecule has 0 radical (unpaired) electrons. The number of hydrogen-bond acceptors (Lipinski definition) is 3. The molecule has 0 bridgehead atoms. The molecule has 0 aromatic carbocycles. The van der Waals surface area contributed by atoms with E-state index in [0.717, 1.165) is 19.5 Å². The topological polar surface area (TPSA) is 23.6 Å². The highest BCUT2D eigenvalue weighted by Crippen LogP contribution is 1.97. The smallest absolute Gasteiger partial charge is 0.149 e. The molecule has 0 saturated carbocycles. The van der Waals surface area contributed by atoms with E-state index >= 15 is 0 Å². The average Bonchev–Trinajstić information content (AvgIpc) is 2.02. The average molecular weight is 200 g/mol. The van der Waals surface area contributed by atoms with Crippen molar-refractivity contribution in [2.45, 2.75) is 20.3 Å². The predicted octanol–water partition coefficient (Wildman–Crippen LogP) is 1.10. The summed E-state index contributed by atoms with van der Waals surface area (Å²) in [6.45, 7) is 6.58. The van der Waals surface area contributed by atoms with Gasteiger partial charge in [-0.15, -0.1) is 0 Å². The summed E-state index contributed by atoms with van der Waals surface area (Å²) < 4.78 is 0. The first-order valence-electron chi connectivity index (χ1n) is 5.29. The van der Waals surface area contributed by atoms with Gasteiger partial charge in [0.05, 0.1) is 6.54 Å². The van der Waals surface area contributed by atoms with Crippen molar-refractivity contribution in [3.63, 3.8) is 0 Å². The Kier molecular flexibility index (Phi) is 6.75. The lowest BCUT2D eigenvalue weighted by atomic mass is 10.1. The fourth-order valence-corrected chi connectivity index (χ4v) is 1.18. The second-order valence-electron chi connectivity index (χ2n) is 4.52. The van der Waals surface area contributed by atoms with Crippen LogP contribution in [0.1, 0.15) is 20.3 Å². The van der Waals surface area contributed by atoms with Crippen LogP contribution in [-0.2, 0) is 4.79 Å². The maximum absolute atomic E-state index is 11.4. The van der Waals surface area contributed by atoms with E-state index < -0.39 is 0 Å². The Morgan fingerprint density at radius 3 is 2.14 bits per heavy atom. The van der Waals surface area contributed by atoms with Gasteiger partial charge in [0.25, 0.3) is 0 Å². The normalized spacial score (nSPS) is 11.7. The lowest BCUT2D eigenvalue weighted by Crippen LogP contribution is -2.30. The van der Waals surface area contributed by atoms with Crippen LogP contribution in [0.2, 0.25) is 0 Å². The van der Waals surface area contributed by atoms with Gasteiger partial charge in [-0.1, -0.05) is 13.8 Å². The second kappa shape index (κ2) is 6.96. The standard InChI is InChI=1S/C11H24N2O/c1-10(2)11(14)9-13(5)8-6-7-12(3)4/h10H,6-9H2,1-5H3. The lowest BCUT2D eigenvalue weighted by molar-refractivity contribution is -0.122. The van der Waals surface area contributed by atoms with Gasteiger partial charge in [-0.2, -0.15) is 0 Å². The van der Waals surface area contributed by atoms with E-state index in [0.29, 0.717) is 12.3 Å². The van der Waals surface area contributed by atoms with E-state index in [1.165, 1.54) is 0 Å². The van der Waals surface area contributed by atoms with E-state index in [1.807, 2.05) is 20.9 Å². The van der Waals surface area contributed by atoms with Crippen LogP contribution in [-0.4, -0.2) is 56.4 Å². The third kappa shape index (κ3) is 7.04. The molecule has 0 unspecified atom stereocenters. The first-order valence-corrected chi connectivity index (χ1v) is 5.29. The minimum Gasteiger partial charge on any atom is -0.309 e. The quantitative estimate of drug-likeness (QED) is 0.615. The van der Waals surface area contributed by atoms with Crippen molar-refractivity contribution in [2.24, 2.45) is 5.92 Å². The van der Waals surface area contributed by atoms with Crippen molar-refractivity contribution in [3.8, 4) is 0 Å². The fraction of sp³-hybridized carbons (Fsp3) is 0.909. The highest BCUT2D eigenvalue weighted by molar-refractivity contribution is 5.82. The van der Waals surface area contributed by atoms with Crippen LogP contribution < -0.4 is 0 Å². The van der Waals surface area contributed by atoms with Crippen molar-refractivity contribution >= 4 is 5.78 Å². The SMILES string of the molecule is CC(C)C(=O)CN(C)CCCN(C)C. The third-order valence-corrected chi connectivity index (χ3v) is 2.21. The molecule has 3 nitrogen and oxygen atoms in total. The Labute approximate surface area is 88.1 Å². The van der Waals surface area contributed by atoms with Crippen molar-refractivity contribution in [1.82, 2.24) is 9.80 Å². The molecular weight excluding hydrogens is 176 g/mol. The summed E-state index contributed by atoms with van der Waals surface area (Å²) in [5.74, 6) is 0.489. The Hall–Kier alpha value is -0.410. The molecule has 0 aliphatic rings. The second-order valence-corrected chi connectivity index (χ2v) is 4.52. The zero-order valence-electron chi connectivity index (χ0n) is 10.2. The number of carbonyl (C=O) groups is 1. The van der Waals surface area contributed by atoms with Gasteiger partial charge in [0.1, 0.15) is 5.78 Å². The van der Waals surface area contributed by atoms with Gasteiger partial charge in [-0.25, -0.2) is 0 Å². The van der Waals surface area contributed by atoms with Gasteiger partial charge in [0.15, 0.2) is 0 Å². The van der Waals surface area contributed by atoms with E-state index in [9.17, 15) is 4.79 Å². The summed E-state index contributed by atoms with van der Waals surface area (Å²) >= 11 is 0. The molecule has 0 N–H and O–H groups in total. The van der Waals surface area contributed by atoms with Gasteiger partial charge in [0, 0.05) is 5.92 Å². The maximum atomic E-state index is 11.4. The number of carbonyl (C=O) groups excluding carboxylic acids is 1. The summed E-state index contributed by atoms with van der Waals surface area (Å²) in [6.07, 6.45) is 1.12. The monoisotopic (exact) mass is 200 g/mol. The Morgan fingerprint density at radius 1 is 1.14 bits per heavy atom. The van der Waals surface area contributed by atoms with Crippen LogP contribution in [0.5, 0.6) is 0 Å². The van der Waals surface area contributed by atoms with Crippen LogP contribution in [0.25, 0.3) is 0 Å². The van der Waals surface area contributed by atoms with Crippen molar-refractivity contribution in [2.75, 3.05) is 40.8 Å². The highest BCUT2D eigenvalue weighted by atomic mass is 16.1. The Morgan fingerprint density at radius 2 is 1.71 bits per heavy atom. The van der Waals surface area contributed by atoms with Crippen LogP contribution in [0.3, 0.4) is 0 Å². The summed E-state index contributed by atoms with van der Waals surface area (Å²) in [7, 11) is 6.15. The minimum absolute atomic E-state index is 0.159. The van der Waals surface area contributed by atoms with Crippen molar-refractivity contribution < 1.29 is 4.79 Å². The van der Waals surface area contributed by atoms with E-state index in [1.54, 1.807) is 0 Å². The van der Waals surface area contributed by atoms with Gasteiger partial charge in [-0.05, 0) is 40.7 Å². The van der Waals surface area contributed by atoms with Crippen molar-refractivity contribution in [1.29, 1.82) is 0 Å². The number of Topliss-reactive ketones (excluding diaryl/α,β-unsaturated/α-hetero) is 1. The summed E-state index contributed by atoms with van der Waals surface area (Å²) in [5, 5.41) is 0. The molecule has 0 fully saturated rings. The molecule has 0 aromatic rings. The molecule has 0 rings (SSSR count). The van der Waals surface area contributed by atoms with Crippen LogP contribution >= 0.6 is 0 Å².